The van der Waals surface area contributed by atoms with Gasteiger partial charge in [0.05, 0.1) is 29.9 Å². The van der Waals surface area contributed by atoms with E-state index in [1.165, 1.54) is 18.1 Å². The molecule has 0 saturated heterocycles. The number of ether oxygens (including phenoxy) is 1. The molecule has 0 aliphatic carbocycles. The zero-order valence-corrected chi connectivity index (χ0v) is 23.6. The molecular weight excluding hydrogens is 585 g/mol. The van der Waals surface area contributed by atoms with Crippen molar-refractivity contribution >= 4 is 35.0 Å². The number of aromatic nitrogens is 8. The van der Waals surface area contributed by atoms with Crippen LogP contribution in [-0.4, -0.2) is 71.4 Å². The molecule has 0 radical (unpaired) electrons. The average Bonchev–Trinajstić information content (AvgIpc) is 3.74. The van der Waals surface area contributed by atoms with E-state index in [1.54, 1.807) is 47.0 Å². The minimum Gasteiger partial charge on any atom is -0.465 e. The molecule has 15 heteroatoms. The van der Waals surface area contributed by atoms with Gasteiger partial charge in [0.2, 0.25) is 0 Å². The molecule has 1 aliphatic rings. The number of tetrazole rings is 1. The van der Waals surface area contributed by atoms with E-state index in [0.717, 1.165) is 16.2 Å². The summed E-state index contributed by atoms with van der Waals surface area (Å²) in [6, 6.07) is 13.3. The van der Waals surface area contributed by atoms with Crippen LogP contribution in [0.25, 0.3) is 28.2 Å². The van der Waals surface area contributed by atoms with Gasteiger partial charge in [-0.3, -0.25) is 14.8 Å². The quantitative estimate of drug-likeness (QED) is 0.263. The fourth-order valence-corrected chi connectivity index (χ4v) is 5.57. The van der Waals surface area contributed by atoms with Crippen LogP contribution < -0.4 is 10.5 Å². The van der Waals surface area contributed by atoms with Crippen molar-refractivity contribution in [2.75, 3.05) is 25.2 Å². The van der Waals surface area contributed by atoms with Crippen LogP contribution in [0.3, 0.4) is 0 Å². The number of methoxy groups -OCH3 is 1. The summed E-state index contributed by atoms with van der Waals surface area (Å²) in [7, 11) is 1.50. The maximum atomic E-state index is 13.5. The van der Waals surface area contributed by atoms with Crippen molar-refractivity contribution in [3.8, 4) is 28.2 Å². The number of nitrogens with zero attached hydrogens (tertiary/aromatic N) is 8. The van der Waals surface area contributed by atoms with Gasteiger partial charge in [-0.25, -0.2) is 9.78 Å². The molecule has 1 atom stereocenters. The minimum atomic E-state index is -1.12. The lowest BCUT2D eigenvalue weighted by molar-refractivity contribution is 0.186. The van der Waals surface area contributed by atoms with E-state index in [9.17, 15) is 14.7 Å². The summed E-state index contributed by atoms with van der Waals surface area (Å²) in [5.41, 5.74) is 3.69. The summed E-state index contributed by atoms with van der Waals surface area (Å²) in [6.45, 7) is 0.388. The van der Waals surface area contributed by atoms with E-state index in [2.05, 4.69) is 30.7 Å². The van der Waals surface area contributed by atoms with Gasteiger partial charge in [0.25, 0.3) is 5.56 Å². The van der Waals surface area contributed by atoms with Crippen molar-refractivity contribution in [2.24, 2.45) is 0 Å². The smallest absolute Gasteiger partial charge is 0.411 e. The number of nitrogens with one attached hydrogen (secondary N) is 1. The number of pyridine rings is 1. The number of fused-ring (bicyclic) bond motifs is 1. The first-order chi connectivity index (χ1) is 20.3. The molecule has 0 fully saturated rings. The van der Waals surface area contributed by atoms with Gasteiger partial charge < -0.3 is 14.4 Å². The van der Waals surface area contributed by atoms with Crippen molar-refractivity contribution in [1.82, 2.24) is 40.0 Å². The summed E-state index contributed by atoms with van der Waals surface area (Å²) in [5, 5.41) is 29.1. The lowest BCUT2D eigenvalue weighted by atomic mass is 10.0. The SMILES string of the molecule is COCCN(C(=O)O)c1ccc(-c2n[nH]c([C@@H]3CCc4cc(-c5cc(Cl)ccc5-n5cnnn5)cc(=O)n43)n2)c(Cl)c1. The standard InChI is InChI=1S/C27H23Cl2N9O4/c1-42-9-8-36(27(40)41)17-3-5-19(21(29)13-17)25-31-26(33-32-25)23-7-4-18-10-15(11-24(39)38(18)23)20-12-16(28)2-6-22(20)37-14-30-34-35-37/h2-3,5-6,10-14,23H,4,7-9H2,1H3,(H,40,41)(H,31,32,33)/t23-/m0/s1. The highest BCUT2D eigenvalue weighted by atomic mass is 35.5. The molecule has 5 aromatic rings. The molecule has 3 aromatic heterocycles. The number of anilines is 1. The number of aromatic amines is 1. The molecule has 1 aliphatic heterocycles. The van der Waals surface area contributed by atoms with Gasteiger partial charge in [0.15, 0.2) is 5.82 Å². The summed E-state index contributed by atoms with van der Waals surface area (Å²) < 4.78 is 8.23. The molecule has 214 valence electrons. The number of halogens is 2. The van der Waals surface area contributed by atoms with Gasteiger partial charge in [-0.05, 0) is 71.3 Å². The van der Waals surface area contributed by atoms with Crippen LogP contribution >= 0.6 is 23.2 Å². The van der Waals surface area contributed by atoms with E-state index in [1.807, 2.05) is 6.07 Å². The Kier molecular flexibility index (Phi) is 7.45. The fraction of sp³-hybridized carbons (Fsp3) is 0.222. The van der Waals surface area contributed by atoms with Gasteiger partial charge in [-0.1, -0.05) is 23.2 Å². The second-order valence-corrected chi connectivity index (χ2v) is 10.4. The van der Waals surface area contributed by atoms with Crippen molar-refractivity contribution in [3.05, 3.63) is 86.8 Å². The second-order valence-electron chi connectivity index (χ2n) is 9.55. The normalized spacial score (nSPS) is 14.2. The molecule has 0 bridgehead atoms. The average molecular weight is 608 g/mol. The minimum absolute atomic E-state index is 0.153. The Morgan fingerprint density at radius 1 is 1.17 bits per heavy atom. The molecule has 0 spiro atoms. The number of rotatable bonds is 8. The number of carboxylic acid groups (broad SMARTS) is 1. The highest BCUT2D eigenvalue weighted by Gasteiger charge is 2.29. The zero-order valence-electron chi connectivity index (χ0n) is 22.1. The zero-order chi connectivity index (χ0) is 29.4. The third-order valence-electron chi connectivity index (χ3n) is 7.07. The van der Waals surface area contributed by atoms with E-state index in [-0.39, 0.29) is 29.8 Å². The Balaban J connectivity index is 1.30. The van der Waals surface area contributed by atoms with E-state index >= 15 is 0 Å². The second kappa shape index (κ2) is 11.4. The number of H-pyrrole nitrogens is 1. The van der Waals surface area contributed by atoms with Crippen LogP contribution in [0.5, 0.6) is 0 Å². The number of hydrogen-bond donors (Lipinski definition) is 2. The molecule has 13 nitrogen and oxygen atoms in total. The monoisotopic (exact) mass is 607 g/mol. The number of amides is 1. The van der Waals surface area contributed by atoms with E-state index in [0.29, 0.717) is 52.0 Å². The van der Waals surface area contributed by atoms with Crippen LogP contribution in [-0.2, 0) is 11.2 Å². The molecule has 2 aromatic carbocycles. The Bertz CT molecular complexity index is 1840. The first-order valence-corrected chi connectivity index (χ1v) is 13.6. The highest BCUT2D eigenvalue weighted by molar-refractivity contribution is 6.33. The van der Waals surface area contributed by atoms with E-state index in [4.69, 9.17) is 27.9 Å². The van der Waals surface area contributed by atoms with Gasteiger partial charge in [-0.15, -0.1) is 5.10 Å². The Hall–Kier alpha value is -4.59. The molecule has 42 heavy (non-hydrogen) atoms. The van der Waals surface area contributed by atoms with Gasteiger partial charge in [0, 0.05) is 40.7 Å². The Labute approximate surface area is 248 Å². The van der Waals surface area contributed by atoms with Crippen molar-refractivity contribution in [1.29, 1.82) is 0 Å². The summed E-state index contributed by atoms with van der Waals surface area (Å²) in [4.78, 5) is 31.0. The fourth-order valence-electron chi connectivity index (χ4n) is 5.14. The highest BCUT2D eigenvalue weighted by Crippen LogP contribution is 2.35. The first kappa shape index (κ1) is 27.6. The van der Waals surface area contributed by atoms with Crippen LogP contribution in [0.1, 0.15) is 24.0 Å². The molecule has 2 N–H and O–H groups in total. The summed E-state index contributed by atoms with van der Waals surface area (Å²) in [6.07, 6.45) is 1.65. The molecule has 0 saturated carbocycles. The maximum Gasteiger partial charge on any atom is 0.411 e. The Morgan fingerprint density at radius 3 is 2.76 bits per heavy atom. The maximum absolute atomic E-state index is 13.5. The van der Waals surface area contributed by atoms with Crippen LogP contribution in [0, 0.1) is 0 Å². The molecule has 4 heterocycles. The van der Waals surface area contributed by atoms with Crippen molar-refractivity contribution < 1.29 is 14.6 Å². The Morgan fingerprint density at radius 2 is 2.02 bits per heavy atom. The van der Waals surface area contributed by atoms with Gasteiger partial charge in [-0.2, -0.15) is 9.78 Å². The van der Waals surface area contributed by atoms with Gasteiger partial charge in [0.1, 0.15) is 12.2 Å². The molecule has 1 amide bonds. The predicted molar refractivity (Wildman–Crippen MR) is 154 cm³/mol. The molecule has 0 unspecified atom stereocenters. The number of aryl methyl sites for hydroxylation is 1. The number of carbonyl (C=O) groups is 1. The number of benzene rings is 2. The first-order valence-electron chi connectivity index (χ1n) is 12.8. The third-order valence-corrected chi connectivity index (χ3v) is 7.62. The lowest BCUT2D eigenvalue weighted by Crippen LogP contribution is -2.32. The summed E-state index contributed by atoms with van der Waals surface area (Å²) in [5.74, 6) is 0.853. The lowest BCUT2D eigenvalue weighted by Gasteiger charge is -2.19. The predicted octanol–water partition coefficient (Wildman–Crippen LogP) is 4.25. The van der Waals surface area contributed by atoms with Crippen molar-refractivity contribution in [2.45, 2.75) is 18.9 Å². The topological polar surface area (TPSA) is 157 Å². The number of hydrogen-bond acceptors (Lipinski definition) is 8. The van der Waals surface area contributed by atoms with Crippen LogP contribution in [0.2, 0.25) is 10.0 Å². The molecule has 6 rings (SSSR count). The third kappa shape index (κ3) is 5.13. The summed E-state index contributed by atoms with van der Waals surface area (Å²) >= 11 is 12.8. The van der Waals surface area contributed by atoms with Crippen LogP contribution in [0.4, 0.5) is 10.5 Å². The molecular formula is C27H23Cl2N9O4. The van der Waals surface area contributed by atoms with Gasteiger partial charge >= 0.3 is 6.09 Å². The van der Waals surface area contributed by atoms with Crippen LogP contribution in [0.15, 0.2) is 59.7 Å². The van der Waals surface area contributed by atoms with Crippen molar-refractivity contribution in [3.63, 3.8) is 0 Å². The van der Waals surface area contributed by atoms with E-state index < -0.39 is 6.09 Å². The largest absolute Gasteiger partial charge is 0.465 e.